The van der Waals surface area contributed by atoms with Crippen molar-refractivity contribution in [3.05, 3.63) is 65.7 Å². The number of nitrogens with one attached hydrogen (secondary N) is 1. The van der Waals surface area contributed by atoms with Gasteiger partial charge in [-0.25, -0.2) is 4.98 Å². The molecule has 1 heterocycles. The Morgan fingerprint density at radius 1 is 1.19 bits per heavy atom. The van der Waals surface area contributed by atoms with Crippen molar-refractivity contribution >= 4 is 38.7 Å². The number of hydrogen-bond donors (Lipinski definition) is 1. The van der Waals surface area contributed by atoms with Crippen LogP contribution in [-0.2, 0) is 4.79 Å². The molecule has 0 bridgehead atoms. The molecule has 0 spiro atoms. The molecule has 0 aliphatic rings. The number of amides is 1. The van der Waals surface area contributed by atoms with E-state index in [1.807, 2.05) is 49.4 Å². The molecule has 0 saturated carbocycles. The van der Waals surface area contributed by atoms with Gasteiger partial charge in [0.25, 0.3) is 0 Å². The van der Waals surface area contributed by atoms with Crippen LogP contribution >= 0.6 is 11.3 Å². The molecule has 1 amide bonds. The molecule has 0 atom stereocenters. The molecule has 2 aromatic carbocycles. The zero-order valence-corrected chi connectivity index (χ0v) is 12.4. The summed E-state index contributed by atoms with van der Waals surface area (Å²) in [5, 5.41) is 3.43. The minimum atomic E-state index is -0.172. The minimum Gasteiger partial charge on any atom is -0.298 e. The van der Waals surface area contributed by atoms with Crippen LogP contribution in [0.2, 0.25) is 0 Å². The summed E-state index contributed by atoms with van der Waals surface area (Å²) in [5.74, 6) is -0.172. The van der Waals surface area contributed by atoms with E-state index in [0.717, 1.165) is 15.8 Å². The average Bonchev–Trinajstić information content (AvgIpc) is 2.87. The third-order valence-electron chi connectivity index (χ3n) is 3.00. The molecule has 0 unspecified atom stereocenters. The largest absolute Gasteiger partial charge is 0.298 e. The van der Waals surface area contributed by atoms with Crippen LogP contribution in [0.4, 0.5) is 5.13 Å². The van der Waals surface area contributed by atoms with Gasteiger partial charge in [-0.2, -0.15) is 0 Å². The molecule has 4 heteroatoms. The molecule has 1 aromatic heterocycles. The zero-order valence-electron chi connectivity index (χ0n) is 11.5. The number of anilines is 1. The fourth-order valence-corrected chi connectivity index (χ4v) is 2.94. The van der Waals surface area contributed by atoms with Gasteiger partial charge in [0.05, 0.1) is 10.2 Å². The third kappa shape index (κ3) is 3.35. The number of fused-ring (bicyclic) bond motifs is 1. The van der Waals surface area contributed by atoms with Crippen molar-refractivity contribution in [2.75, 3.05) is 5.32 Å². The maximum absolute atomic E-state index is 11.9. The molecule has 3 nitrogen and oxygen atoms in total. The minimum absolute atomic E-state index is 0.172. The fourth-order valence-electron chi connectivity index (χ4n) is 1.97. The standard InChI is InChI=1S/C17H14N2OS/c1-12-7-9-14-15(11-12)21-17(18-14)19-16(20)10-8-13-5-3-2-4-6-13/h2-11H,1H3,(H,18,19,20)/b10-8-. The van der Waals surface area contributed by atoms with E-state index in [4.69, 9.17) is 0 Å². The maximum Gasteiger partial charge on any atom is 0.250 e. The van der Waals surface area contributed by atoms with Crippen LogP contribution < -0.4 is 5.32 Å². The molecule has 3 aromatic rings. The molecular weight excluding hydrogens is 280 g/mol. The number of nitrogens with zero attached hydrogens (tertiary/aromatic N) is 1. The summed E-state index contributed by atoms with van der Waals surface area (Å²) < 4.78 is 1.08. The van der Waals surface area contributed by atoms with Gasteiger partial charge in [-0.3, -0.25) is 10.1 Å². The summed E-state index contributed by atoms with van der Waals surface area (Å²) in [7, 11) is 0. The first kappa shape index (κ1) is 13.5. The summed E-state index contributed by atoms with van der Waals surface area (Å²) in [6.45, 7) is 2.04. The maximum atomic E-state index is 11.9. The summed E-state index contributed by atoms with van der Waals surface area (Å²) in [6, 6.07) is 15.8. The van der Waals surface area contributed by atoms with Crippen molar-refractivity contribution in [3.63, 3.8) is 0 Å². The first-order valence-electron chi connectivity index (χ1n) is 6.62. The molecule has 3 rings (SSSR count). The van der Waals surface area contributed by atoms with Crippen molar-refractivity contribution in [2.24, 2.45) is 0 Å². The molecule has 0 fully saturated rings. The van der Waals surface area contributed by atoms with Crippen molar-refractivity contribution < 1.29 is 4.79 Å². The van der Waals surface area contributed by atoms with Crippen molar-refractivity contribution in [1.82, 2.24) is 4.98 Å². The predicted molar refractivity (Wildman–Crippen MR) is 88.5 cm³/mol. The second-order valence-corrected chi connectivity index (χ2v) is 5.75. The number of hydrogen-bond acceptors (Lipinski definition) is 3. The lowest BCUT2D eigenvalue weighted by Gasteiger charge is -1.95. The lowest BCUT2D eigenvalue weighted by Crippen LogP contribution is -2.07. The zero-order chi connectivity index (χ0) is 14.7. The molecule has 21 heavy (non-hydrogen) atoms. The Labute approximate surface area is 127 Å². The number of benzene rings is 2. The molecular formula is C17H14N2OS. The van der Waals surface area contributed by atoms with Crippen molar-refractivity contribution in [1.29, 1.82) is 0 Å². The molecule has 1 N–H and O–H groups in total. The van der Waals surface area contributed by atoms with Crippen LogP contribution in [0, 0.1) is 6.92 Å². The van der Waals surface area contributed by atoms with Crippen LogP contribution in [0.3, 0.4) is 0 Å². The number of aryl methyl sites for hydroxylation is 1. The van der Waals surface area contributed by atoms with Crippen LogP contribution in [-0.4, -0.2) is 10.9 Å². The van der Waals surface area contributed by atoms with Gasteiger partial charge in [-0.1, -0.05) is 47.7 Å². The molecule has 0 radical (unpaired) electrons. The summed E-state index contributed by atoms with van der Waals surface area (Å²) in [5.41, 5.74) is 3.09. The van der Waals surface area contributed by atoms with Crippen molar-refractivity contribution in [2.45, 2.75) is 6.92 Å². The number of aromatic nitrogens is 1. The van der Waals surface area contributed by atoms with E-state index in [1.165, 1.54) is 23.0 Å². The highest BCUT2D eigenvalue weighted by Gasteiger charge is 2.05. The van der Waals surface area contributed by atoms with Gasteiger partial charge in [-0.15, -0.1) is 0 Å². The van der Waals surface area contributed by atoms with Gasteiger partial charge >= 0.3 is 0 Å². The van der Waals surface area contributed by atoms with E-state index in [-0.39, 0.29) is 5.91 Å². The topological polar surface area (TPSA) is 42.0 Å². The highest BCUT2D eigenvalue weighted by molar-refractivity contribution is 7.22. The predicted octanol–water partition coefficient (Wildman–Crippen LogP) is 4.26. The van der Waals surface area contributed by atoms with E-state index >= 15 is 0 Å². The number of carbonyl (C=O) groups is 1. The SMILES string of the molecule is Cc1ccc2nc(NC(=O)/C=C\c3ccccc3)sc2c1. The Hall–Kier alpha value is -2.46. The van der Waals surface area contributed by atoms with Crippen LogP contribution in [0.15, 0.2) is 54.6 Å². The second-order valence-electron chi connectivity index (χ2n) is 4.72. The Morgan fingerprint density at radius 3 is 2.81 bits per heavy atom. The summed E-state index contributed by atoms with van der Waals surface area (Å²) in [4.78, 5) is 16.3. The van der Waals surface area contributed by atoms with Crippen LogP contribution in [0.5, 0.6) is 0 Å². The summed E-state index contributed by atoms with van der Waals surface area (Å²) in [6.07, 6.45) is 3.31. The Bertz CT molecular complexity index is 806. The third-order valence-corrected chi connectivity index (χ3v) is 3.93. The highest BCUT2D eigenvalue weighted by atomic mass is 32.1. The van der Waals surface area contributed by atoms with E-state index in [0.29, 0.717) is 5.13 Å². The Kier molecular flexibility index (Phi) is 3.79. The first-order chi connectivity index (χ1) is 10.2. The quantitative estimate of drug-likeness (QED) is 0.733. The van der Waals surface area contributed by atoms with Gasteiger partial charge in [0.1, 0.15) is 0 Å². The molecule has 104 valence electrons. The number of thiazole rings is 1. The van der Waals surface area contributed by atoms with Gasteiger partial charge in [-0.05, 0) is 36.3 Å². The van der Waals surface area contributed by atoms with Gasteiger partial charge in [0, 0.05) is 6.08 Å². The van der Waals surface area contributed by atoms with Crippen LogP contribution in [0.25, 0.3) is 16.3 Å². The first-order valence-corrected chi connectivity index (χ1v) is 7.44. The number of carbonyl (C=O) groups excluding carboxylic acids is 1. The van der Waals surface area contributed by atoms with Crippen LogP contribution in [0.1, 0.15) is 11.1 Å². The molecule has 0 aliphatic carbocycles. The molecule has 0 aliphatic heterocycles. The van der Waals surface area contributed by atoms with E-state index < -0.39 is 0 Å². The average molecular weight is 294 g/mol. The number of rotatable bonds is 3. The second kappa shape index (κ2) is 5.89. The Morgan fingerprint density at radius 2 is 2.00 bits per heavy atom. The summed E-state index contributed by atoms with van der Waals surface area (Å²) >= 11 is 1.48. The highest BCUT2D eigenvalue weighted by Crippen LogP contribution is 2.26. The van der Waals surface area contributed by atoms with E-state index in [9.17, 15) is 4.79 Å². The van der Waals surface area contributed by atoms with Gasteiger partial charge in [0.2, 0.25) is 5.91 Å². The lowest BCUT2D eigenvalue weighted by molar-refractivity contribution is -0.111. The lowest BCUT2D eigenvalue weighted by atomic mass is 10.2. The van der Waals surface area contributed by atoms with E-state index in [2.05, 4.69) is 16.4 Å². The monoisotopic (exact) mass is 294 g/mol. The molecule has 0 saturated heterocycles. The van der Waals surface area contributed by atoms with Crippen molar-refractivity contribution in [3.8, 4) is 0 Å². The van der Waals surface area contributed by atoms with E-state index in [1.54, 1.807) is 6.08 Å². The fraction of sp³-hybridized carbons (Fsp3) is 0.0588. The van der Waals surface area contributed by atoms with Gasteiger partial charge < -0.3 is 0 Å². The normalized spacial score (nSPS) is 11.1. The smallest absolute Gasteiger partial charge is 0.250 e. The Balaban J connectivity index is 1.73. The van der Waals surface area contributed by atoms with Gasteiger partial charge in [0.15, 0.2) is 5.13 Å².